The molecule has 128 valence electrons. The molecule has 1 unspecified atom stereocenters. The van der Waals surface area contributed by atoms with Crippen LogP contribution in [0.25, 0.3) is 0 Å². The van der Waals surface area contributed by atoms with Crippen LogP contribution < -0.4 is 10.5 Å². The predicted octanol–water partition coefficient (Wildman–Crippen LogP) is 3.03. The van der Waals surface area contributed by atoms with E-state index in [4.69, 9.17) is 20.7 Å². The zero-order chi connectivity index (χ0) is 18.0. The molecule has 0 fully saturated rings. The van der Waals surface area contributed by atoms with Gasteiger partial charge in [0, 0.05) is 12.1 Å². The van der Waals surface area contributed by atoms with Gasteiger partial charge in [-0.25, -0.2) is 8.78 Å². The van der Waals surface area contributed by atoms with Crippen molar-refractivity contribution in [2.45, 2.75) is 26.3 Å². The summed E-state index contributed by atoms with van der Waals surface area (Å²) in [6.45, 7) is 3.45. The van der Waals surface area contributed by atoms with E-state index < -0.39 is 29.4 Å². The number of rotatable bonds is 5. The van der Waals surface area contributed by atoms with Crippen LogP contribution in [-0.4, -0.2) is 22.2 Å². The Morgan fingerprint density at radius 2 is 1.67 bits per heavy atom. The van der Waals surface area contributed by atoms with Gasteiger partial charge in [-0.2, -0.15) is 0 Å². The van der Waals surface area contributed by atoms with Crippen LogP contribution in [0.1, 0.15) is 16.7 Å². The summed E-state index contributed by atoms with van der Waals surface area (Å²) in [5.41, 5.74) is 7.56. The van der Waals surface area contributed by atoms with E-state index in [0.29, 0.717) is 16.9 Å². The first kappa shape index (κ1) is 17.7. The average molecular weight is 337 g/mol. The Bertz CT molecular complexity index is 746. The third-order valence-electron chi connectivity index (χ3n) is 3.50. The van der Waals surface area contributed by atoms with Crippen LogP contribution in [0.3, 0.4) is 0 Å². The highest BCUT2D eigenvalue weighted by Crippen LogP contribution is 2.33. The molecule has 2 aromatic carbocycles. The van der Waals surface area contributed by atoms with Crippen LogP contribution >= 0.6 is 0 Å². The maximum atomic E-state index is 13.4. The van der Waals surface area contributed by atoms with E-state index in [9.17, 15) is 13.6 Å². The van der Waals surface area contributed by atoms with E-state index in [1.54, 1.807) is 26.0 Å². The summed E-state index contributed by atoms with van der Waals surface area (Å²) >= 11 is 0. The number of benzene rings is 2. The minimum absolute atomic E-state index is 0.0935. The van der Waals surface area contributed by atoms with Gasteiger partial charge in [-0.05, 0) is 37.0 Å². The van der Waals surface area contributed by atoms with E-state index in [0.717, 1.165) is 17.7 Å². The van der Waals surface area contributed by atoms with Crippen molar-refractivity contribution >= 4 is 5.97 Å². The predicted molar refractivity (Wildman–Crippen MR) is 83.3 cm³/mol. The third kappa shape index (κ3) is 3.80. The first-order valence-electron chi connectivity index (χ1n) is 7.13. The maximum absolute atomic E-state index is 13.4. The standard InChI is InChI=1S/C17H17F2NO4/c1-8-3-10(5-14(20)17(22)23)4-9(2)16(8)24-11-6-12(18)15(21)13(19)7-11/h3-4,6-7,14,21H,5,20H2,1-2H3,(H,22,23). The van der Waals surface area contributed by atoms with Crippen LogP contribution in [0.2, 0.25) is 0 Å². The number of carbonyl (C=O) groups is 1. The molecule has 1 atom stereocenters. The molecule has 0 bridgehead atoms. The largest absolute Gasteiger partial charge is 0.503 e. The number of phenols is 1. The molecule has 0 amide bonds. The maximum Gasteiger partial charge on any atom is 0.320 e. The van der Waals surface area contributed by atoms with E-state index in [2.05, 4.69) is 0 Å². The Labute approximate surface area is 137 Å². The van der Waals surface area contributed by atoms with Gasteiger partial charge in [-0.15, -0.1) is 0 Å². The zero-order valence-electron chi connectivity index (χ0n) is 13.1. The molecule has 2 rings (SSSR count). The van der Waals surface area contributed by atoms with Gasteiger partial charge in [0.15, 0.2) is 17.4 Å². The number of hydrogen-bond donors (Lipinski definition) is 3. The molecular weight excluding hydrogens is 320 g/mol. The van der Waals surface area contributed by atoms with Gasteiger partial charge in [0.25, 0.3) is 0 Å². The highest BCUT2D eigenvalue weighted by Gasteiger charge is 2.16. The van der Waals surface area contributed by atoms with Crippen molar-refractivity contribution in [1.29, 1.82) is 0 Å². The molecule has 0 spiro atoms. The van der Waals surface area contributed by atoms with Crippen LogP contribution in [-0.2, 0) is 11.2 Å². The molecule has 0 radical (unpaired) electrons. The molecule has 4 N–H and O–H groups in total. The summed E-state index contributed by atoms with van der Waals surface area (Å²) in [4.78, 5) is 10.8. The molecule has 0 aromatic heterocycles. The number of carboxylic acid groups (broad SMARTS) is 1. The van der Waals surface area contributed by atoms with Gasteiger partial charge in [-0.1, -0.05) is 12.1 Å². The molecular formula is C17H17F2NO4. The normalized spacial score (nSPS) is 12.0. The van der Waals surface area contributed by atoms with Crippen molar-refractivity contribution in [1.82, 2.24) is 0 Å². The number of carboxylic acids is 1. The summed E-state index contributed by atoms with van der Waals surface area (Å²) in [6.07, 6.45) is 0.153. The molecule has 0 heterocycles. The Hall–Kier alpha value is -2.67. The fraction of sp³-hybridized carbons (Fsp3) is 0.235. The van der Waals surface area contributed by atoms with Gasteiger partial charge < -0.3 is 20.7 Å². The lowest BCUT2D eigenvalue weighted by Crippen LogP contribution is -2.32. The van der Waals surface area contributed by atoms with Crippen molar-refractivity contribution in [2.75, 3.05) is 0 Å². The molecule has 0 saturated heterocycles. The van der Waals surface area contributed by atoms with E-state index in [1.165, 1.54) is 0 Å². The molecule has 0 aliphatic heterocycles. The van der Waals surface area contributed by atoms with Crippen LogP contribution in [0.4, 0.5) is 8.78 Å². The second-order valence-corrected chi connectivity index (χ2v) is 5.55. The van der Waals surface area contributed by atoms with Crippen molar-refractivity contribution in [3.63, 3.8) is 0 Å². The summed E-state index contributed by atoms with van der Waals surface area (Å²) in [7, 11) is 0. The van der Waals surface area contributed by atoms with Gasteiger partial charge in [0.2, 0.25) is 0 Å². The Balaban J connectivity index is 2.30. The van der Waals surface area contributed by atoms with E-state index >= 15 is 0 Å². The number of phenolic OH excluding ortho intramolecular Hbond substituents is 1. The fourth-order valence-corrected chi connectivity index (χ4v) is 2.38. The van der Waals surface area contributed by atoms with Crippen LogP contribution in [0, 0.1) is 25.5 Å². The molecule has 0 aliphatic rings. The highest BCUT2D eigenvalue weighted by molar-refractivity contribution is 5.73. The molecule has 0 saturated carbocycles. The second-order valence-electron chi connectivity index (χ2n) is 5.55. The monoisotopic (exact) mass is 337 g/mol. The summed E-state index contributed by atoms with van der Waals surface area (Å²) in [5.74, 6) is -4.10. The second kappa shape index (κ2) is 6.84. The SMILES string of the molecule is Cc1cc(CC(N)C(=O)O)cc(C)c1Oc1cc(F)c(O)c(F)c1. The third-order valence-corrected chi connectivity index (χ3v) is 3.50. The molecule has 2 aromatic rings. The van der Waals surface area contributed by atoms with Crippen LogP contribution in [0.5, 0.6) is 17.2 Å². The number of aryl methyl sites for hydroxylation is 2. The first-order chi connectivity index (χ1) is 11.2. The lowest BCUT2D eigenvalue weighted by molar-refractivity contribution is -0.138. The highest BCUT2D eigenvalue weighted by atomic mass is 19.1. The molecule has 5 nitrogen and oxygen atoms in total. The van der Waals surface area contributed by atoms with E-state index in [1.807, 2.05) is 0 Å². The number of aromatic hydroxyl groups is 1. The average Bonchev–Trinajstić information content (AvgIpc) is 2.48. The van der Waals surface area contributed by atoms with Gasteiger partial charge in [0.05, 0.1) is 0 Å². The summed E-state index contributed by atoms with van der Waals surface area (Å²) in [6, 6.07) is 4.16. The topological polar surface area (TPSA) is 92.8 Å². The smallest absolute Gasteiger partial charge is 0.320 e. The molecule has 24 heavy (non-hydrogen) atoms. The lowest BCUT2D eigenvalue weighted by Gasteiger charge is -2.15. The quantitative estimate of drug-likeness (QED) is 0.780. The van der Waals surface area contributed by atoms with E-state index in [-0.39, 0.29) is 12.2 Å². The summed E-state index contributed by atoms with van der Waals surface area (Å²) < 4.78 is 32.3. The van der Waals surface area contributed by atoms with Crippen molar-refractivity contribution in [3.8, 4) is 17.2 Å². The first-order valence-corrected chi connectivity index (χ1v) is 7.13. The molecule has 0 aliphatic carbocycles. The van der Waals surface area contributed by atoms with Crippen molar-refractivity contribution in [3.05, 3.63) is 52.6 Å². The lowest BCUT2D eigenvalue weighted by atomic mass is 10.0. The van der Waals surface area contributed by atoms with Crippen LogP contribution in [0.15, 0.2) is 24.3 Å². The Morgan fingerprint density at radius 3 is 2.12 bits per heavy atom. The minimum atomic E-state index is -1.12. The number of ether oxygens (including phenoxy) is 1. The van der Waals surface area contributed by atoms with Crippen molar-refractivity contribution < 1.29 is 28.5 Å². The number of aliphatic carboxylic acids is 1. The number of halogens is 2. The Morgan fingerprint density at radius 1 is 1.17 bits per heavy atom. The zero-order valence-corrected chi connectivity index (χ0v) is 13.1. The number of hydrogen-bond acceptors (Lipinski definition) is 4. The van der Waals surface area contributed by atoms with Gasteiger partial charge >= 0.3 is 5.97 Å². The Kier molecular flexibility index (Phi) is 5.04. The number of nitrogens with two attached hydrogens (primary N) is 1. The fourth-order valence-electron chi connectivity index (χ4n) is 2.38. The van der Waals surface area contributed by atoms with Gasteiger partial charge in [-0.3, -0.25) is 4.79 Å². The van der Waals surface area contributed by atoms with Gasteiger partial charge in [0.1, 0.15) is 17.5 Å². The minimum Gasteiger partial charge on any atom is -0.503 e. The molecule has 7 heteroatoms. The van der Waals surface area contributed by atoms with Crippen molar-refractivity contribution in [2.24, 2.45) is 5.73 Å². The summed E-state index contributed by atoms with van der Waals surface area (Å²) in [5, 5.41) is 18.0.